The zero-order chi connectivity index (χ0) is 13.0. The average Bonchev–Trinajstić information content (AvgIpc) is 2.77. The summed E-state index contributed by atoms with van der Waals surface area (Å²) in [6.07, 6.45) is 1.43. The van der Waals surface area contributed by atoms with Gasteiger partial charge in [-0.2, -0.15) is 24.8 Å². The van der Waals surface area contributed by atoms with Crippen LogP contribution in [-0.2, 0) is 0 Å². The number of hydrogen-bond acceptors (Lipinski definition) is 5. The number of aromatic nitrogens is 4. The highest BCUT2D eigenvalue weighted by Gasteiger charge is 2.14. The fourth-order valence-electron chi connectivity index (χ4n) is 1.54. The van der Waals surface area contributed by atoms with Gasteiger partial charge in [-0.25, -0.2) is 0 Å². The van der Waals surface area contributed by atoms with Gasteiger partial charge in [0.1, 0.15) is 18.2 Å². The molecule has 6 nitrogen and oxygen atoms in total. The largest absolute Gasteiger partial charge is 0.362 e. The van der Waals surface area contributed by atoms with Crippen LogP contribution in [0.2, 0.25) is 0 Å². The summed E-state index contributed by atoms with van der Waals surface area (Å²) < 4.78 is 1.62. The van der Waals surface area contributed by atoms with Crippen LogP contribution in [0.25, 0.3) is 5.78 Å². The quantitative estimate of drug-likeness (QED) is 0.743. The summed E-state index contributed by atoms with van der Waals surface area (Å²) in [6.45, 7) is 5.85. The lowest BCUT2D eigenvalue weighted by atomic mass is 10.2. The molecule has 2 heterocycles. The summed E-state index contributed by atoms with van der Waals surface area (Å²) in [4.78, 5) is 9.96. The van der Waals surface area contributed by atoms with Crippen molar-refractivity contribution in [3.8, 4) is 6.07 Å². The molecule has 2 rings (SSSR count). The van der Waals surface area contributed by atoms with Crippen LogP contribution in [0.4, 0.5) is 5.82 Å². The van der Waals surface area contributed by atoms with E-state index in [0.29, 0.717) is 11.5 Å². The van der Waals surface area contributed by atoms with Gasteiger partial charge in [0.05, 0.1) is 0 Å². The van der Waals surface area contributed by atoms with E-state index in [1.807, 2.05) is 39.8 Å². The highest BCUT2D eigenvalue weighted by atomic mass is 15.4. The summed E-state index contributed by atoms with van der Waals surface area (Å²) in [5, 5.41) is 13.0. The minimum absolute atomic E-state index is 0.388. The fraction of sp³-hybridized carbons (Fsp3) is 0.455. The van der Waals surface area contributed by atoms with Crippen molar-refractivity contribution in [1.82, 2.24) is 19.6 Å². The Labute approximate surface area is 101 Å². The predicted octanol–water partition coefficient (Wildman–Crippen LogP) is 1.40. The molecular weight excluding hydrogens is 216 g/mol. The molecule has 0 atom stereocenters. The van der Waals surface area contributed by atoms with Crippen molar-refractivity contribution in [2.45, 2.75) is 20.8 Å². The molecule has 0 amide bonds. The van der Waals surface area contributed by atoms with E-state index in [1.54, 1.807) is 4.52 Å². The summed E-state index contributed by atoms with van der Waals surface area (Å²) in [7, 11) is 3.79. The first kappa shape index (κ1) is 12.9. The number of fused-ring (bicyclic) bond motifs is 1. The maximum atomic E-state index is 8.93. The van der Waals surface area contributed by atoms with Gasteiger partial charge in [0.2, 0.25) is 0 Å². The molecule has 0 N–H and O–H groups in total. The second kappa shape index (κ2) is 5.25. The first-order chi connectivity index (χ1) is 8.15. The van der Waals surface area contributed by atoms with Crippen LogP contribution in [0.3, 0.4) is 0 Å². The van der Waals surface area contributed by atoms with Crippen molar-refractivity contribution in [1.29, 1.82) is 5.26 Å². The smallest absolute Gasteiger partial charge is 0.255 e. The molecule has 0 spiro atoms. The van der Waals surface area contributed by atoms with E-state index in [-0.39, 0.29) is 0 Å². The molecule has 0 aromatic carbocycles. The first-order valence-electron chi connectivity index (χ1n) is 5.43. The number of anilines is 1. The van der Waals surface area contributed by atoms with Crippen LogP contribution in [-0.4, -0.2) is 33.7 Å². The third kappa shape index (κ3) is 2.18. The Balaban J connectivity index is 0.000000686. The second-order valence-electron chi connectivity index (χ2n) is 3.39. The maximum Gasteiger partial charge on any atom is 0.255 e. The Morgan fingerprint density at radius 1 is 1.35 bits per heavy atom. The molecule has 0 radical (unpaired) electrons. The maximum absolute atomic E-state index is 8.93. The van der Waals surface area contributed by atoms with E-state index in [4.69, 9.17) is 5.26 Å². The molecule has 0 aliphatic heterocycles. The van der Waals surface area contributed by atoms with Gasteiger partial charge in [-0.05, 0) is 6.92 Å². The Morgan fingerprint density at radius 2 is 2.00 bits per heavy atom. The summed E-state index contributed by atoms with van der Waals surface area (Å²) in [5.41, 5.74) is 1.19. The third-order valence-corrected chi connectivity index (χ3v) is 2.16. The van der Waals surface area contributed by atoms with Crippen LogP contribution in [0, 0.1) is 18.3 Å². The van der Waals surface area contributed by atoms with E-state index in [2.05, 4.69) is 21.1 Å². The van der Waals surface area contributed by atoms with Gasteiger partial charge >= 0.3 is 0 Å². The minimum atomic E-state index is 0.388. The molecule has 17 heavy (non-hydrogen) atoms. The van der Waals surface area contributed by atoms with E-state index in [0.717, 1.165) is 11.4 Å². The minimum Gasteiger partial charge on any atom is -0.362 e. The van der Waals surface area contributed by atoms with Crippen LogP contribution in [0.1, 0.15) is 25.1 Å². The van der Waals surface area contributed by atoms with Gasteiger partial charge in [-0.15, -0.1) is 0 Å². The number of nitriles is 1. The van der Waals surface area contributed by atoms with Crippen molar-refractivity contribution in [3.05, 3.63) is 17.6 Å². The molecule has 0 saturated heterocycles. The molecule has 0 aliphatic rings. The summed E-state index contributed by atoms with van der Waals surface area (Å²) in [6, 6.07) is 2.05. The number of rotatable bonds is 1. The molecule has 90 valence electrons. The van der Waals surface area contributed by atoms with Gasteiger partial charge in [-0.1, -0.05) is 13.8 Å². The molecule has 0 saturated carbocycles. The van der Waals surface area contributed by atoms with E-state index in [1.165, 1.54) is 6.33 Å². The molecule has 2 aromatic heterocycles. The number of hydrogen-bond donors (Lipinski definition) is 0. The molecule has 2 aromatic rings. The van der Waals surface area contributed by atoms with Crippen LogP contribution < -0.4 is 4.90 Å². The third-order valence-electron chi connectivity index (χ3n) is 2.16. The SMILES string of the molecule is CC.Cc1c(C#N)nc2ncnn2c1N(C)C. The van der Waals surface area contributed by atoms with Gasteiger partial charge in [-0.3, -0.25) is 0 Å². The van der Waals surface area contributed by atoms with Crippen LogP contribution >= 0.6 is 0 Å². The van der Waals surface area contributed by atoms with Crippen molar-refractivity contribution in [3.63, 3.8) is 0 Å². The Kier molecular flexibility index (Phi) is 3.99. The fourth-order valence-corrected chi connectivity index (χ4v) is 1.54. The average molecular weight is 232 g/mol. The second-order valence-corrected chi connectivity index (χ2v) is 3.39. The molecule has 0 unspecified atom stereocenters. The lowest BCUT2D eigenvalue weighted by Crippen LogP contribution is -2.17. The Hall–Kier alpha value is -2.16. The molecule has 0 bridgehead atoms. The number of nitrogens with zero attached hydrogens (tertiary/aromatic N) is 6. The van der Waals surface area contributed by atoms with Crippen molar-refractivity contribution in [2.75, 3.05) is 19.0 Å². The zero-order valence-electron chi connectivity index (χ0n) is 10.8. The summed E-state index contributed by atoms with van der Waals surface area (Å²) >= 11 is 0. The standard InChI is InChI=1S/C9H10N6.C2H6/c1-6-7(4-10)13-9-11-5-12-15(9)8(6)14(2)3;1-2/h5H,1-3H3;1-2H3. The summed E-state index contributed by atoms with van der Waals surface area (Å²) in [5.74, 6) is 1.27. The van der Waals surface area contributed by atoms with Crippen molar-refractivity contribution >= 4 is 11.6 Å². The van der Waals surface area contributed by atoms with Gasteiger partial charge in [0, 0.05) is 19.7 Å². The Morgan fingerprint density at radius 3 is 2.53 bits per heavy atom. The van der Waals surface area contributed by atoms with E-state index >= 15 is 0 Å². The van der Waals surface area contributed by atoms with Crippen molar-refractivity contribution in [2.24, 2.45) is 0 Å². The van der Waals surface area contributed by atoms with Crippen molar-refractivity contribution < 1.29 is 0 Å². The van der Waals surface area contributed by atoms with E-state index < -0.39 is 0 Å². The lowest BCUT2D eigenvalue weighted by Gasteiger charge is -2.16. The molecule has 0 aliphatic carbocycles. The Bertz CT molecular complexity index is 549. The zero-order valence-corrected chi connectivity index (χ0v) is 10.8. The molecular formula is C11H16N6. The molecule has 6 heteroatoms. The monoisotopic (exact) mass is 232 g/mol. The molecule has 0 fully saturated rings. The van der Waals surface area contributed by atoms with Crippen LogP contribution in [0.15, 0.2) is 6.33 Å². The van der Waals surface area contributed by atoms with E-state index in [9.17, 15) is 0 Å². The predicted molar refractivity (Wildman–Crippen MR) is 65.9 cm³/mol. The topological polar surface area (TPSA) is 70.1 Å². The van der Waals surface area contributed by atoms with Gasteiger partial charge < -0.3 is 4.90 Å². The highest BCUT2D eigenvalue weighted by molar-refractivity contribution is 5.55. The normalized spacial score (nSPS) is 9.41. The highest BCUT2D eigenvalue weighted by Crippen LogP contribution is 2.19. The van der Waals surface area contributed by atoms with Crippen LogP contribution in [0.5, 0.6) is 0 Å². The van der Waals surface area contributed by atoms with Gasteiger partial charge in [0.15, 0.2) is 5.69 Å². The lowest BCUT2D eigenvalue weighted by molar-refractivity contribution is 0.880. The van der Waals surface area contributed by atoms with Gasteiger partial charge in [0.25, 0.3) is 5.78 Å². The first-order valence-corrected chi connectivity index (χ1v) is 5.43.